The van der Waals surface area contributed by atoms with E-state index in [0.29, 0.717) is 48.9 Å². The molecule has 25 heavy (non-hydrogen) atoms. The van der Waals surface area contributed by atoms with Crippen LogP contribution < -0.4 is 5.32 Å². The van der Waals surface area contributed by atoms with Crippen molar-refractivity contribution in [2.45, 2.75) is 38.0 Å². The van der Waals surface area contributed by atoms with Gasteiger partial charge in [0.25, 0.3) is 0 Å². The highest BCUT2D eigenvalue weighted by atomic mass is 32.2. The summed E-state index contributed by atoms with van der Waals surface area (Å²) in [5.41, 5.74) is 2.01. The first-order chi connectivity index (χ1) is 11.9. The number of nitrogens with one attached hydrogen (secondary N) is 1. The van der Waals surface area contributed by atoms with E-state index < -0.39 is 27.4 Å². The summed E-state index contributed by atoms with van der Waals surface area (Å²) in [4.78, 5) is 12.7. The molecular weight excluding hydrogens is 348 g/mol. The van der Waals surface area contributed by atoms with Gasteiger partial charge in [-0.1, -0.05) is 6.07 Å². The van der Waals surface area contributed by atoms with Crippen molar-refractivity contribution in [3.8, 4) is 0 Å². The number of Topliss-reactive ketones (excluding diaryl/α,β-unsaturated/α-hetero) is 1. The van der Waals surface area contributed by atoms with Crippen LogP contribution in [0.4, 0.5) is 8.78 Å². The van der Waals surface area contributed by atoms with E-state index >= 15 is 0 Å². The predicted molar refractivity (Wildman–Crippen MR) is 88.2 cm³/mol. The van der Waals surface area contributed by atoms with Gasteiger partial charge >= 0.3 is 0 Å². The van der Waals surface area contributed by atoms with Gasteiger partial charge in [-0.3, -0.25) is 4.79 Å². The molecule has 0 fully saturated rings. The van der Waals surface area contributed by atoms with Crippen molar-refractivity contribution in [1.82, 2.24) is 5.32 Å². The van der Waals surface area contributed by atoms with Gasteiger partial charge in [-0.15, -0.1) is 0 Å². The fourth-order valence-corrected chi connectivity index (χ4v) is 5.88. The van der Waals surface area contributed by atoms with Gasteiger partial charge in [0.05, 0.1) is 16.6 Å². The molecule has 4 rings (SSSR count). The van der Waals surface area contributed by atoms with Crippen molar-refractivity contribution in [3.05, 3.63) is 57.3 Å². The summed E-state index contributed by atoms with van der Waals surface area (Å²) in [5.74, 6) is -3.01. The zero-order valence-electron chi connectivity index (χ0n) is 13.4. The molecule has 2 heterocycles. The van der Waals surface area contributed by atoms with Gasteiger partial charge < -0.3 is 5.32 Å². The van der Waals surface area contributed by atoms with Crippen LogP contribution in [0.3, 0.4) is 0 Å². The average Bonchev–Trinajstić information content (AvgIpc) is 2.55. The molecule has 1 unspecified atom stereocenters. The minimum absolute atomic E-state index is 0.00446. The highest BCUT2D eigenvalue weighted by molar-refractivity contribution is 7.95. The fourth-order valence-electron chi connectivity index (χ4n) is 3.99. The Hall–Kier alpha value is -2.02. The van der Waals surface area contributed by atoms with E-state index in [1.54, 1.807) is 0 Å². The van der Waals surface area contributed by atoms with Crippen molar-refractivity contribution < 1.29 is 22.0 Å². The molecule has 0 radical (unpaired) electrons. The van der Waals surface area contributed by atoms with Crippen LogP contribution >= 0.6 is 0 Å². The number of carbonyl (C=O) groups is 1. The minimum Gasteiger partial charge on any atom is -0.361 e. The number of halogens is 2. The maximum Gasteiger partial charge on any atom is 0.177 e. The van der Waals surface area contributed by atoms with Crippen LogP contribution in [-0.4, -0.2) is 20.0 Å². The van der Waals surface area contributed by atoms with E-state index in [4.69, 9.17) is 0 Å². The van der Waals surface area contributed by atoms with E-state index in [2.05, 4.69) is 5.32 Å². The van der Waals surface area contributed by atoms with Crippen LogP contribution in [0.25, 0.3) is 0 Å². The molecule has 1 N–H and O–H groups in total. The maximum absolute atomic E-state index is 13.8. The first-order valence-corrected chi connectivity index (χ1v) is 9.98. The molecule has 0 saturated heterocycles. The summed E-state index contributed by atoms with van der Waals surface area (Å²) >= 11 is 0. The highest BCUT2D eigenvalue weighted by Crippen LogP contribution is 2.46. The Morgan fingerprint density at radius 2 is 1.76 bits per heavy atom. The zero-order chi connectivity index (χ0) is 17.8. The quantitative estimate of drug-likeness (QED) is 0.831. The molecule has 2 aliphatic heterocycles. The van der Waals surface area contributed by atoms with E-state index in [-0.39, 0.29) is 16.4 Å². The molecule has 4 nitrogen and oxygen atoms in total. The summed E-state index contributed by atoms with van der Waals surface area (Å²) in [6.07, 6.45) is 2.76. The highest BCUT2D eigenvalue weighted by Gasteiger charge is 2.43. The van der Waals surface area contributed by atoms with Crippen molar-refractivity contribution in [1.29, 1.82) is 0 Å². The van der Waals surface area contributed by atoms with E-state index in [1.165, 1.54) is 6.07 Å². The van der Waals surface area contributed by atoms with Gasteiger partial charge in [-0.05, 0) is 43.4 Å². The third-order valence-electron chi connectivity index (χ3n) is 5.06. The Morgan fingerprint density at radius 3 is 2.52 bits per heavy atom. The Bertz CT molecular complexity index is 947. The van der Waals surface area contributed by atoms with E-state index in [9.17, 15) is 22.0 Å². The molecule has 0 saturated carbocycles. The van der Waals surface area contributed by atoms with Crippen molar-refractivity contribution >= 4 is 15.6 Å². The lowest BCUT2D eigenvalue weighted by atomic mass is 9.79. The summed E-state index contributed by atoms with van der Waals surface area (Å²) in [7, 11) is -3.56. The Balaban J connectivity index is 1.97. The largest absolute Gasteiger partial charge is 0.361 e. The Kier molecular flexibility index (Phi) is 3.79. The first-order valence-electron chi connectivity index (χ1n) is 8.32. The summed E-state index contributed by atoms with van der Waals surface area (Å²) < 4.78 is 52.6. The van der Waals surface area contributed by atoms with Crippen molar-refractivity contribution in [2.24, 2.45) is 0 Å². The standard InChI is InChI=1S/C18H17F2NO3S/c19-11-7-6-10(9-12(11)20)16-17-13(3-1-5-15(17)22)21-14-4-2-8-25(23,24)18(14)16/h6-7,9,16,21H,1-5,8H2. The van der Waals surface area contributed by atoms with Crippen LogP contribution in [0.1, 0.15) is 43.6 Å². The number of hydrogen-bond acceptors (Lipinski definition) is 4. The molecule has 7 heteroatoms. The first kappa shape index (κ1) is 16.4. The third kappa shape index (κ3) is 2.61. The predicted octanol–water partition coefficient (Wildman–Crippen LogP) is 3.08. The monoisotopic (exact) mass is 365 g/mol. The lowest BCUT2D eigenvalue weighted by Gasteiger charge is -2.37. The second-order valence-corrected chi connectivity index (χ2v) is 8.74. The topological polar surface area (TPSA) is 63.2 Å². The molecular formula is C18H17F2NO3S. The van der Waals surface area contributed by atoms with Crippen LogP contribution in [0.5, 0.6) is 0 Å². The number of ketones is 1. The second-order valence-electron chi connectivity index (χ2n) is 6.67. The average molecular weight is 365 g/mol. The number of carbonyl (C=O) groups excluding carboxylic acids is 1. The lowest BCUT2D eigenvalue weighted by Crippen LogP contribution is -2.37. The normalized spacial score (nSPS) is 25.4. The van der Waals surface area contributed by atoms with Gasteiger partial charge in [0.15, 0.2) is 27.3 Å². The smallest absolute Gasteiger partial charge is 0.177 e. The second kappa shape index (κ2) is 5.76. The molecule has 1 aliphatic carbocycles. The van der Waals surface area contributed by atoms with Gasteiger partial charge in [-0.2, -0.15) is 0 Å². The molecule has 0 bridgehead atoms. The van der Waals surface area contributed by atoms with Crippen LogP contribution in [0, 0.1) is 11.6 Å². The number of rotatable bonds is 1. The van der Waals surface area contributed by atoms with Crippen molar-refractivity contribution in [2.75, 3.05) is 5.75 Å². The number of allylic oxidation sites excluding steroid dienone is 4. The van der Waals surface area contributed by atoms with Crippen LogP contribution in [0.15, 0.2) is 40.1 Å². The third-order valence-corrected chi connectivity index (χ3v) is 7.04. The number of dihydropyridines is 1. The van der Waals surface area contributed by atoms with Gasteiger partial charge in [-0.25, -0.2) is 17.2 Å². The van der Waals surface area contributed by atoms with Crippen LogP contribution in [0.2, 0.25) is 0 Å². The molecule has 1 aromatic carbocycles. The lowest BCUT2D eigenvalue weighted by molar-refractivity contribution is -0.116. The number of hydrogen-bond donors (Lipinski definition) is 1. The molecule has 1 atom stereocenters. The van der Waals surface area contributed by atoms with Crippen molar-refractivity contribution in [3.63, 3.8) is 0 Å². The van der Waals surface area contributed by atoms with E-state index in [1.807, 2.05) is 0 Å². The summed E-state index contributed by atoms with van der Waals surface area (Å²) in [6, 6.07) is 3.36. The molecule has 132 valence electrons. The minimum atomic E-state index is -3.56. The SMILES string of the molecule is O=C1CCCC2=C1C(c1ccc(F)c(F)c1)C1=C(CCCS1(=O)=O)N2. The summed E-state index contributed by atoms with van der Waals surface area (Å²) in [6.45, 7) is 0. The Morgan fingerprint density at radius 1 is 1.00 bits per heavy atom. The van der Waals surface area contributed by atoms with Crippen LogP contribution in [-0.2, 0) is 14.6 Å². The molecule has 3 aliphatic rings. The zero-order valence-corrected chi connectivity index (χ0v) is 14.3. The van der Waals surface area contributed by atoms with Gasteiger partial charge in [0, 0.05) is 23.4 Å². The fraction of sp³-hybridized carbons (Fsp3) is 0.389. The van der Waals surface area contributed by atoms with E-state index in [0.717, 1.165) is 17.8 Å². The molecule has 1 aromatic rings. The summed E-state index contributed by atoms with van der Waals surface area (Å²) in [5, 5.41) is 3.16. The molecule has 0 spiro atoms. The number of benzene rings is 1. The van der Waals surface area contributed by atoms with Gasteiger partial charge in [0.2, 0.25) is 0 Å². The number of sulfone groups is 1. The molecule has 0 aromatic heterocycles. The molecule has 0 amide bonds. The van der Waals surface area contributed by atoms with Gasteiger partial charge in [0.1, 0.15) is 0 Å². The maximum atomic E-state index is 13.8. The Labute approximate surface area is 144 Å².